The lowest BCUT2D eigenvalue weighted by Gasteiger charge is -2.17. The number of halogens is 1. The second-order valence-corrected chi connectivity index (χ2v) is 5.26. The summed E-state index contributed by atoms with van der Waals surface area (Å²) >= 11 is 0. The van der Waals surface area contributed by atoms with Crippen molar-refractivity contribution >= 4 is 9.24 Å². The van der Waals surface area contributed by atoms with E-state index in [0.717, 1.165) is 17.5 Å². The van der Waals surface area contributed by atoms with Crippen molar-refractivity contribution in [1.82, 2.24) is 0 Å². The summed E-state index contributed by atoms with van der Waals surface area (Å²) in [5.74, 6) is 0.251. The summed E-state index contributed by atoms with van der Waals surface area (Å²) in [5.41, 5.74) is 2.79. The van der Waals surface area contributed by atoms with Crippen LogP contribution in [0.3, 0.4) is 0 Å². The highest BCUT2D eigenvalue weighted by Gasteiger charge is 2.13. The predicted molar refractivity (Wildman–Crippen MR) is 81.2 cm³/mol. The zero-order valence-electron chi connectivity index (χ0n) is 11.6. The van der Waals surface area contributed by atoms with Gasteiger partial charge in [0, 0.05) is 0 Å². The quantitative estimate of drug-likeness (QED) is 0.528. The van der Waals surface area contributed by atoms with E-state index in [9.17, 15) is 4.39 Å². The molecule has 18 heavy (non-hydrogen) atoms. The molecular weight excluding hydrogens is 242 g/mol. The number of hydrogen-bond acceptors (Lipinski definition) is 0. The molecule has 0 aliphatic carbocycles. The van der Waals surface area contributed by atoms with Gasteiger partial charge < -0.3 is 0 Å². The van der Waals surface area contributed by atoms with Gasteiger partial charge >= 0.3 is 0 Å². The Hall–Kier alpha value is -0.940. The number of allylic oxidation sites excluding steroid dienone is 4. The fourth-order valence-electron chi connectivity index (χ4n) is 2.21. The maximum atomic E-state index is 14.0. The van der Waals surface area contributed by atoms with Crippen LogP contribution in [0.2, 0.25) is 0 Å². The summed E-state index contributed by atoms with van der Waals surface area (Å²) in [6.45, 7) is 8.01. The monoisotopic (exact) mass is 264 g/mol. The van der Waals surface area contributed by atoms with E-state index in [1.165, 1.54) is 10.9 Å². The first-order valence-electron chi connectivity index (χ1n) is 6.33. The molecule has 2 unspecified atom stereocenters. The highest BCUT2D eigenvalue weighted by atomic mass is 31.0. The molecule has 0 aliphatic heterocycles. The van der Waals surface area contributed by atoms with Crippen molar-refractivity contribution in [1.29, 1.82) is 0 Å². The minimum atomic E-state index is -0.0643. The highest BCUT2D eigenvalue weighted by Crippen LogP contribution is 2.28. The molecule has 2 atom stereocenters. The van der Waals surface area contributed by atoms with E-state index in [2.05, 4.69) is 28.3 Å². The van der Waals surface area contributed by atoms with Crippen LogP contribution in [0.5, 0.6) is 0 Å². The third-order valence-electron chi connectivity index (χ3n) is 3.28. The normalized spacial score (nSPS) is 14.8. The van der Waals surface area contributed by atoms with Gasteiger partial charge in [-0.05, 0) is 55.1 Å². The Labute approximate surface area is 112 Å². The van der Waals surface area contributed by atoms with Gasteiger partial charge in [-0.15, -0.1) is 9.24 Å². The Balaban J connectivity index is 2.94. The van der Waals surface area contributed by atoms with Crippen LogP contribution in [0.25, 0.3) is 0 Å². The molecule has 0 nitrogen and oxygen atoms in total. The lowest BCUT2D eigenvalue weighted by Crippen LogP contribution is -2.06. The van der Waals surface area contributed by atoms with E-state index in [1.807, 2.05) is 39.0 Å². The Bertz CT molecular complexity index is 472. The van der Waals surface area contributed by atoms with Crippen molar-refractivity contribution in [3.05, 3.63) is 58.2 Å². The molecule has 0 radical (unpaired) electrons. The summed E-state index contributed by atoms with van der Waals surface area (Å²) in [5, 5.41) is 1.19. The summed E-state index contributed by atoms with van der Waals surface area (Å²) in [7, 11) is 2.75. The summed E-state index contributed by atoms with van der Waals surface area (Å²) in [6, 6.07) is 5.62. The predicted octanol–water partition coefficient (Wildman–Crippen LogP) is 5.04. The average molecular weight is 264 g/mol. The Morgan fingerprint density at radius 2 is 2.00 bits per heavy atom. The molecule has 98 valence electrons. The molecule has 1 aromatic rings. The first-order valence-corrected chi connectivity index (χ1v) is 6.91. The minimum absolute atomic E-state index is 0.0643. The van der Waals surface area contributed by atoms with E-state index >= 15 is 0 Å². The van der Waals surface area contributed by atoms with Gasteiger partial charge in [0.25, 0.3) is 0 Å². The first kappa shape index (κ1) is 15.1. The van der Waals surface area contributed by atoms with Crippen molar-refractivity contribution in [2.24, 2.45) is 5.92 Å². The van der Waals surface area contributed by atoms with Gasteiger partial charge in [-0.2, -0.15) is 0 Å². The molecule has 0 N–H and O–H groups in total. The summed E-state index contributed by atoms with van der Waals surface area (Å²) in [6.07, 6.45) is 4.92. The highest BCUT2D eigenvalue weighted by molar-refractivity contribution is 7.23. The molecule has 0 amide bonds. The van der Waals surface area contributed by atoms with Crippen molar-refractivity contribution < 1.29 is 4.39 Å². The summed E-state index contributed by atoms with van der Waals surface area (Å²) < 4.78 is 14.0. The van der Waals surface area contributed by atoms with Crippen LogP contribution in [0.15, 0.2) is 41.2 Å². The van der Waals surface area contributed by atoms with Gasteiger partial charge in [0.2, 0.25) is 0 Å². The molecule has 0 fully saturated rings. The average Bonchev–Trinajstić information content (AvgIpc) is 2.35. The molecule has 0 aliphatic rings. The van der Waals surface area contributed by atoms with Crippen molar-refractivity contribution in [3.63, 3.8) is 0 Å². The van der Waals surface area contributed by atoms with Gasteiger partial charge in [-0.3, -0.25) is 0 Å². The molecule has 1 aromatic carbocycles. The van der Waals surface area contributed by atoms with Crippen molar-refractivity contribution in [3.8, 4) is 0 Å². The van der Waals surface area contributed by atoms with Crippen LogP contribution in [0, 0.1) is 18.7 Å². The number of hydrogen-bond donors (Lipinski definition) is 0. The first-order chi connectivity index (χ1) is 8.51. The van der Waals surface area contributed by atoms with Crippen LogP contribution in [-0.2, 0) is 6.42 Å². The molecule has 0 heterocycles. The van der Waals surface area contributed by atoms with Gasteiger partial charge in [0.15, 0.2) is 0 Å². The standard InChI is InChI=1S/C16H22FP/c1-5-14(15(18)6-2)12(4)10-13-9-7-8-11(3)16(13)17/h5-9,12H,10,18H2,1-4H3/b14-5+,15-6-. The van der Waals surface area contributed by atoms with Crippen LogP contribution in [0.4, 0.5) is 4.39 Å². The minimum Gasteiger partial charge on any atom is -0.206 e. The lowest BCUT2D eigenvalue weighted by molar-refractivity contribution is 0.579. The molecule has 0 bridgehead atoms. The molecule has 0 aromatic heterocycles. The van der Waals surface area contributed by atoms with E-state index in [4.69, 9.17) is 0 Å². The fourth-order valence-corrected chi connectivity index (χ4v) is 2.66. The second kappa shape index (κ2) is 6.85. The molecule has 2 heteroatoms. The van der Waals surface area contributed by atoms with Crippen molar-refractivity contribution in [2.75, 3.05) is 0 Å². The van der Waals surface area contributed by atoms with Gasteiger partial charge in [-0.25, -0.2) is 4.39 Å². The van der Waals surface area contributed by atoms with Crippen molar-refractivity contribution in [2.45, 2.75) is 34.1 Å². The summed E-state index contributed by atoms with van der Waals surface area (Å²) in [4.78, 5) is 0. The number of aryl methyl sites for hydroxylation is 1. The molecule has 0 spiro atoms. The maximum Gasteiger partial charge on any atom is 0.129 e. The molecule has 0 saturated heterocycles. The number of rotatable bonds is 4. The van der Waals surface area contributed by atoms with Crippen LogP contribution < -0.4 is 0 Å². The Morgan fingerprint density at radius 3 is 2.56 bits per heavy atom. The van der Waals surface area contributed by atoms with Crippen LogP contribution >= 0.6 is 9.24 Å². The zero-order chi connectivity index (χ0) is 13.7. The van der Waals surface area contributed by atoms with E-state index in [1.54, 1.807) is 0 Å². The molecular formula is C16H22FP. The molecule has 0 saturated carbocycles. The third kappa shape index (κ3) is 3.53. The van der Waals surface area contributed by atoms with Gasteiger partial charge in [0.05, 0.1) is 0 Å². The van der Waals surface area contributed by atoms with E-state index in [0.29, 0.717) is 5.92 Å². The second-order valence-electron chi connectivity index (χ2n) is 4.64. The van der Waals surface area contributed by atoms with Gasteiger partial charge in [-0.1, -0.05) is 37.3 Å². The van der Waals surface area contributed by atoms with Crippen LogP contribution in [-0.4, -0.2) is 0 Å². The Kier molecular flexibility index (Phi) is 5.75. The number of benzene rings is 1. The lowest BCUT2D eigenvalue weighted by atomic mass is 9.92. The largest absolute Gasteiger partial charge is 0.206 e. The topological polar surface area (TPSA) is 0 Å². The maximum absolute atomic E-state index is 14.0. The SMILES string of the molecule is C/C=C(P)/C(=C/C)C(C)Cc1cccc(C)c1F. The Morgan fingerprint density at radius 1 is 1.33 bits per heavy atom. The third-order valence-corrected chi connectivity index (χ3v) is 3.95. The molecule has 1 rings (SSSR count). The van der Waals surface area contributed by atoms with Crippen LogP contribution in [0.1, 0.15) is 31.9 Å². The fraction of sp³-hybridized carbons (Fsp3) is 0.375. The van der Waals surface area contributed by atoms with E-state index in [-0.39, 0.29) is 5.82 Å². The van der Waals surface area contributed by atoms with E-state index < -0.39 is 0 Å². The smallest absolute Gasteiger partial charge is 0.129 e. The zero-order valence-corrected chi connectivity index (χ0v) is 12.8. The van der Waals surface area contributed by atoms with Gasteiger partial charge in [0.1, 0.15) is 5.82 Å².